The smallest absolute Gasteiger partial charge is 0.170 e. The van der Waals surface area contributed by atoms with Gasteiger partial charge < -0.3 is 4.74 Å². The van der Waals surface area contributed by atoms with E-state index in [1.165, 1.54) is 5.01 Å². The van der Waals surface area contributed by atoms with E-state index >= 15 is 0 Å². The number of allylic oxidation sites excluding steroid dienone is 3. The summed E-state index contributed by atoms with van der Waals surface area (Å²) in [5.74, 6) is 6.98. The zero-order chi connectivity index (χ0) is 21.1. The summed E-state index contributed by atoms with van der Waals surface area (Å²) in [7, 11) is 1.73. The average Bonchev–Trinajstić information content (AvgIpc) is 2.77. The number of nitrogens with two attached hydrogens (primary N) is 1. The number of hydrogen-bond donors (Lipinski definition) is 1. The number of carbonyl (C=O) groups excluding carboxylic acids is 1. The maximum atomic E-state index is 11.6. The van der Waals surface area contributed by atoms with Gasteiger partial charge in [-0.3, -0.25) is 14.8 Å². The Kier molecular flexibility index (Phi) is 8.86. The molecule has 0 spiro atoms. The molecule has 0 heterocycles. The Balaban J connectivity index is 2.75. The van der Waals surface area contributed by atoms with Gasteiger partial charge in [-0.1, -0.05) is 80.1 Å². The first kappa shape index (κ1) is 22.1. The van der Waals surface area contributed by atoms with Crippen LogP contribution in [-0.4, -0.2) is 30.7 Å². The van der Waals surface area contributed by atoms with Crippen LogP contribution in [-0.2, 0) is 9.53 Å². The number of carbonyl (C=O) groups is 1. The highest BCUT2D eigenvalue weighted by Gasteiger charge is 2.23. The van der Waals surface area contributed by atoms with Gasteiger partial charge in [0.1, 0.15) is 11.4 Å². The predicted molar refractivity (Wildman–Crippen MR) is 119 cm³/mol. The third-order valence-electron chi connectivity index (χ3n) is 4.43. The van der Waals surface area contributed by atoms with Gasteiger partial charge in [0, 0.05) is 18.2 Å². The van der Waals surface area contributed by atoms with Crippen molar-refractivity contribution in [3.63, 3.8) is 0 Å². The van der Waals surface area contributed by atoms with Crippen LogP contribution in [0.5, 0.6) is 0 Å². The van der Waals surface area contributed by atoms with Crippen molar-refractivity contribution in [1.29, 1.82) is 0 Å². The van der Waals surface area contributed by atoms with Crippen molar-refractivity contribution in [3.8, 4) is 0 Å². The molecule has 29 heavy (non-hydrogen) atoms. The zero-order valence-corrected chi connectivity index (χ0v) is 17.3. The Hall–Kier alpha value is -3.18. The van der Waals surface area contributed by atoms with E-state index in [1.54, 1.807) is 20.0 Å². The van der Waals surface area contributed by atoms with E-state index in [0.717, 1.165) is 30.3 Å². The number of benzene rings is 2. The van der Waals surface area contributed by atoms with Crippen LogP contribution in [0.3, 0.4) is 0 Å². The second-order valence-electron chi connectivity index (χ2n) is 6.39. The molecular weight excluding hydrogens is 362 g/mol. The largest absolute Gasteiger partial charge is 0.489 e. The molecule has 152 valence electrons. The maximum absolute atomic E-state index is 11.6. The first-order valence-electron chi connectivity index (χ1n) is 9.79. The highest BCUT2D eigenvalue weighted by molar-refractivity contribution is 6.15. The monoisotopic (exact) mass is 391 g/mol. The van der Waals surface area contributed by atoms with Crippen LogP contribution < -0.4 is 5.84 Å². The number of ether oxygens (including phenoxy) is 1. The molecule has 0 unspecified atom stereocenters. The molecule has 0 radical (unpaired) electrons. The van der Waals surface area contributed by atoms with Gasteiger partial charge in [-0.15, -0.1) is 0 Å². The van der Waals surface area contributed by atoms with E-state index in [1.807, 2.05) is 60.7 Å². The lowest BCUT2D eigenvalue weighted by Crippen LogP contribution is -2.32. The molecule has 2 aromatic rings. The Bertz CT molecular complexity index is 872. The maximum Gasteiger partial charge on any atom is 0.170 e. The number of hydrazine groups is 1. The number of hydrogen-bond acceptors (Lipinski definition) is 5. The topological polar surface area (TPSA) is 67.9 Å². The number of unbranched alkanes of at least 4 members (excludes halogenated alkanes) is 1. The molecule has 0 atom stereocenters. The van der Waals surface area contributed by atoms with Crippen molar-refractivity contribution >= 4 is 17.7 Å². The Labute approximate surface area is 173 Å². The van der Waals surface area contributed by atoms with Crippen LogP contribution in [0.15, 0.2) is 83.2 Å². The van der Waals surface area contributed by atoms with E-state index < -0.39 is 0 Å². The quantitative estimate of drug-likeness (QED) is 0.123. The second-order valence-corrected chi connectivity index (χ2v) is 6.39. The number of nitrogens with zero attached hydrogens (tertiary/aromatic N) is 2. The highest BCUT2D eigenvalue weighted by atomic mass is 16.5. The molecule has 0 aliphatic carbocycles. The molecule has 0 saturated heterocycles. The minimum Gasteiger partial charge on any atom is -0.489 e. The van der Waals surface area contributed by atoms with E-state index in [-0.39, 0.29) is 0 Å². The van der Waals surface area contributed by atoms with Crippen LogP contribution in [0.4, 0.5) is 0 Å². The van der Waals surface area contributed by atoms with Crippen LogP contribution in [0, 0.1) is 0 Å². The van der Waals surface area contributed by atoms with Crippen molar-refractivity contribution in [2.24, 2.45) is 10.8 Å². The van der Waals surface area contributed by atoms with Crippen molar-refractivity contribution in [1.82, 2.24) is 5.01 Å². The van der Waals surface area contributed by atoms with Gasteiger partial charge in [-0.25, -0.2) is 5.84 Å². The number of aldehydes is 1. The lowest BCUT2D eigenvalue weighted by Gasteiger charge is -2.26. The molecule has 2 aromatic carbocycles. The molecule has 0 saturated carbocycles. The normalized spacial score (nSPS) is 13.0. The van der Waals surface area contributed by atoms with E-state index in [2.05, 4.69) is 11.9 Å². The van der Waals surface area contributed by atoms with Gasteiger partial charge in [0.2, 0.25) is 0 Å². The Morgan fingerprint density at radius 2 is 1.66 bits per heavy atom. The summed E-state index contributed by atoms with van der Waals surface area (Å²) in [5.41, 5.74) is 3.35. The van der Waals surface area contributed by atoms with E-state index in [0.29, 0.717) is 29.5 Å². The fraction of sp³-hybridized carbons (Fsp3) is 0.250. The third-order valence-corrected chi connectivity index (χ3v) is 4.43. The van der Waals surface area contributed by atoms with Gasteiger partial charge >= 0.3 is 0 Å². The summed E-state index contributed by atoms with van der Waals surface area (Å²) in [4.78, 5) is 16.1. The molecule has 0 aromatic heterocycles. The van der Waals surface area contributed by atoms with Crippen molar-refractivity contribution in [3.05, 3.63) is 89.3 Å². The van der Waals surface area contributed by atoms with Gasteiger partial charge in [0.05, 0.1) is 12.3 Å². The summed E-state index contributed by atoms with van der Waals surface area (Å²) in [6.45, 7) is 4.40. The molecular formula is C24H29N3O2. The molecule has 2 rings (SSSR count). The lowest BCUT2D eigenvalue weighted by atomic mass is 10.0. The molecule has 2 N–H and O–H groups in total. The predicted octanol–water partition coefficient (Wildman–Crippen LogP) is 4.57. The second kappa shape index (κ2) is 11.6. The summed E-state index contributed by atoms with van der Waals surface area (Å²) in [6.07, 6.45) is 4.30. The Morgan fingerprint density at radius 3 is 2.14 bits per heavy atom. The SMILES string of the molecule is C/C=C(/C=O)N(N)/C(=C(/OCCCC)C(=NC)c1ccccc1)c1ccccc1. The van der Waals surface area contributed by atoms with Gasteiger partial charge in [0.25, 0.3) is 0 Å². The van der Waals surface area contributed by atoms with Gasteiger partial charge in [0.15, 0.2) is 12.0 Å². The van der Waals surface area contributed by atoms with Crippen molar-refractivity contribution in [2.45, 2.75) is 26.7 Å². The van der Waals surface area contributed by atoms with E-state index in [9.17, 15) is 4.79 Å². The van der Waals surface area contributed by atoms with Crippen molar-refractivity contribution in [2.75, 3.05) is 13.7 Å². The number of rotatable bonds is 10. The molecule has 0 aliphatic heterocycles. The van der Waals surface area contributed by atoms with Crippen LogP contribution >= 0.6 is 0 Å². The summed E-state index contributed by atoms with van der Waals surface area (Å²) in [5, 5.41) is 1.37. The van der Waals surface area contributed by atoms with Crippen molar-refractivity contribution < 1.29 is 9.53 Å². The number of aliphatic imine (C=N–C) groups is 1. The van der Waals surface area contributed by atoms with Crippen LogP contribution in [0.1, 0.15) is 37.8 Å². The average molecular weight is 392 g/mol. The molecule has 0 amide bonds. The summed E-state index contributed by atoms with van der Waals surface area (Å²) < 4.78 is 6.25. The first-order chi connectivity index (χ1) is 14.2. The first-order valence-corrected chi connectivity index (χ1v) is 9.79. The summed E-state index contributed by atoms with van der Waals surface area (Å²) >= 11 is 0. The molecule has 0 aliphatic rings. The highest BCUT2D eigenvalue weighted by Crippen LogP contribution is 2.27. The van der Waals surface area contributed by atoms with Gasteiger partial charge in [-0.2, -0.15) is 0 Å². The zero-order valence-electron chi connectivity index (χ0n) is 17.3. The summed E-state index contributed by atoms with van der Waals surface area (Å²) in [6, 6.07) is 19.5. The minimum atomic E-state index is 0.337. The standard InChI is InChI=1S/C24H29N3O2/c1-4-6-17-29-24(22(26-3)19-13-9-7-10-14-19)23(20-15-11-8-12-16-20)27(25)21(5-2)18-28/h5,7-16,18H,4,6,17,25H2,1-3H3/b21-5-,24-23+,26-22?. The fourth-order valence-electron chi connectivity index (χ4n) is 2.89. The minimum absolute atomic E-state index is 0.337. The van der Waals surface area contributed by atoms with Crippen LogP contribution in [0.25, 0.3) is 5.70 Å². The van der Waals surface area contributed by atoms with Crippen LogP contribution in [0.2, 0.25) is 0 Å². The van der Waals surface area contributed by atoms with Gasteiger partial charge in [-0.05, 0) is 13.3 Å². The molecule has 5 heteroatoms. The third kappa shape index (κ3) is 5.65. The fourth-order valence-corrected chi connectivity index (χ4v) is 2.89. The molecule has 5 nitrogen and oxygen atoms in total. The Morgan fingerprint density at radius 1 is 1.07 bits per heavy atom. The lowest BCUT2D eigenvalue weighted by molar-refractivity contribution is -0.105. The molecule has 0 fully saturated rings. The molecule has 0 bridgehead atoms. The van der Waals surface area contributed by atoms with E-state index in [4.69, 9.17) is 10.6 Å².